The smallest absolute Gasteiger partial charge is 0.163 e. The van der Waals surface area contributed by atoms with Gasteiger partial charge in [0.2, 0.25) is 0 Å². The van der Waals surface area contributed by atoms with Gasteiger partial charge in [-0.2, -0.15) is 0 Å². The van der Waals surface area contributed by atoms with Crippen LogP contribution >= 0.6 is 0 Å². The summed E-state index contributed by atoms with van der Waals surface area (Å²) in [7, 11) is 0. The molecule has 0 unspecified atom stereocenters. The Labute approximate surface area is 102 Å². The van der Waals surface area contributed by atoms with E-state index in [-0.39, 0.29) is 22.8 Å². The lowest BCUT2D eigenvalue weighted by molar-refractivity contribution is 0.101. The van der Waals surface area contributed by atoms with Crippen LogP contribution in [-0.2, 0) is 12.8 Å². The van der Waals surface area contributed by atoms with E-state index in [1.807, 2.05) is 13.8 Å². The molecule has 0 atom stereocenters. The molecule has 17 heavy (non-hydrogen) atoms. The Morgan fingerprint density at radius 2 is 1.65 bits per heavy atom. The van der Waals surface area contributed by atoms with Crippen molar-refractivity contribution < 1.29 is 15.0 Å². The summed E-state index contributed by atoms with van der Waals surface area (Å²) in [6, 6.07) is 1.38. The van der Waals surface area contributed by atoms with Gasteiger partial charge < -0.3 is 10.2 Å². The number of Topliss-reactive ketones (excluding diaryl/α,β-unsaturated/α-hetero) is 1. The predicted molar refractivity (Wildman–Crippen MR) is 67.8 cm³/mol. The van der Waals surface area contributed by atoms with Crippen LogP contribution in [0.5, 0.6) is 11.5 Å². The van der Waals surface area contributed by atoms with Crippen molar-refractivity contribution in [2.75, 3.05) is 0 Å². The monoisotopic (exact) mass is 236 g/mol. The number of benzene rings is 1. The molecule has 94 valence electrons. The fourth-order valence-electron chi connectivity index (χ4n) is 2.07. The molecule has 1 aromatic carbocycles. The minimum Gasteiger partial charge on any atom is -0.508 e. The van der Waals surface area contributed by atoms with E-state index < -0.39 is 0 Å². The van der Waals surface area contributed by atoms with Gasteiger partial charge in [0.1, 0.15) is 11.5 Å². The average Bonchev–Trinajstić information content (AvgIpc) is 2.27. The van der Waals surface area contributed by atoms with Gasteiger partial charge in [-0.25, -0.2) is 0 Å². The first kappa shape index (κ1) is 13.6. The first-order valence-electron chi connectivity index (χ1n) is 6.10. The van der Waals surface area contributed by atoms with Crippen LogP contribution in [0.4, 0.5) is 0 Å². The third-order valence-electron chi connectivity index (χ3n) is 2.87. The summed E-state index contributed by atoms with van der Waals surface area (Å²) < 4.78 is 0. The summed E-state index contributed by atoms with van der Waals surface area (Å²) in [6.07, 6.45) is 3.15. The molecule has 0 aliphatic heterocycles. The number of rotatable bonds is 5. The van der Waals surface area contributed by atoms with Crippen molar-refractivity contribution in [1.29, 1.82) is 0 Å². The number of phenols is 2. The second-order valence-corrected chi connectivity index (χ2v) is 4.31. The van der Waals surface area contributed by atoms with Crippen molar-refractivity contribution in [2.45, 2.75) is 46.5 Å². The highest BCUT2D eigenvalue weighted by Crippen LogP contribution is 2.35. The molecule has 0 saturated heterocycles. The Morgan fingerprint density at radius 1 is 1.12 bits per heavy atom. The van der Waals surface area contributed by atoms with E-state index >= 15 is 0 Å². The zero-order chi connectivity index (χ0) is 13.0. The first-order chi connectivity index (χ1) is 8.02. The van der Waals surface area contributed by atoms with Gasteiger partial charge in [0.05, 0.1) is 5.56 Å². The van der Waals surface area contributed by atoms with Gasteiger partial charge in [0.15, 0.2) is 5.78 Å². The van der Waals surface area contributed by atoms with Crippen LogP contribution in [0.15, 0.2) is 6.07 Å². The van der Waals surface area contributed by atoms with Crippen molar-refractivity contribution in [3.05, 3.63) is 22.8 Å². The van der Waals surface area contributed by atoms with E-state index in [0.717, 1.165) is 24.0 Å². The molecule has 0 radical (unpaired) electrons. The summed E-state index contributed by atoms with van der Waals surface area (Å²) in [5.41, 5.74) is 1.71. The lowest BCUT2D eigenvalue weighted by Gasteiger charge is -2.15. The van der Waals surface area contributed by atoms with Crippen LogP contribution < -0.4 is 0 Å². The summed E-state index contributed by atoms with van der Waals surface area (Å²) >= 11 is 0. The van der Waals surface area contributed by atoms with Crippen LogP contribution in [0.3, 0.4) is 0 Å². The van der Waals surface area contributed by atoms with Gasteiger partial charge >= 0.3 is 0 Å². The quantitative estimate of drug-likeness (QED) is 0.609. The maximum atomic E-state index is 11.4. The summed E-state index contributed by atoms with van der Waals surface area (Å²) in [6.45, 7) is 5.42. The minimum absolute atomic E-state index is 0.0422. The van der Waals surface area contributed by atoms with Crippen LogP contribution in [-0.4, -0.2) is 16.0 Å². The minimum atomic E-state index is -0.224. The molecule has 0 fully saturated rings. The maximum absolute atomic E-state index is 11.4. The zero-order valence-corrected chi connectivity index (χ0v) is 10.7. The Kier molecular flexibility index (Phi) is 4.55. The molecule has 0 aliphatic carbocycles. The molecule has 0 amide bonds. The molecule has 0 bridgehead atoms. The number of ketones is 1. The van der Waals surface area contributed by atoms with Crippen LogP contribution in [0.25, 0.3) is 0 Å². The highest BCUT2D eigenvalue weighted by Gasteiger charge is 2.18. The molecular formula is C14H20O3. The van der Waals surface area contributed by atoms with Gasteiger partial charge in [-0.3, -0.25) is 4.79 Å². The summed E-state index contributed by atoms with van der Waals surface area (Å²) in [5, 5.41) is 20.0. The number of hydrogen-bond donors (Lipinski definition) is 2. The number of carbonyl (C=O) groups is 1. The summed E-state index contributed by atoms with van der Waals surface area (Å²) in [5.74, 6) is -0.0582. The normalized spacial score (nSPS) is 10.5. The topological polar surface area (TPSA) is 57.5 Å². The van der Waals surface area contributed by atoms with E-state index in [2.05, 4.69) is 0 Å². The van der Waals surface area contributed by atoms with E-state index in [9.17, 15) is 15.0 Å². The van der Waals surface area contributed by atoms with Gasteiger partial charge in [-0.1, -0.05) is 26.7 Å². The van der Waals surface area contributed by atoms with Crippen molar-refractivity contribution >= 4 is 5.78 Å². The number of phenolic OH excluding ortho intramolecular Hbond substituents is 2. The van der Waals surface area contributed by atoms with Crippen LogP contribution in [0.2, 0.25) is 0 Å². The van der Waals surface area contributed by atoms with Gasteiger partial charge in [0, 0.05) is 11.1 Å². The SMILES string of the molecule is CCCc1c(O)cc(C(C)=O)c(O)c1CCC. The Hall–Kier alpha value is -1.51. The predicted octanol–water partition coefficient (Wildman–Crippen LogP) is 3.21. The highest BCUT2D eigenvalue weighted by atomic mass is 16.3. The molecule has 0 aliphatic rings. The Bertz CT molecular complexity index is 422. The van der Waals surface area contributed by atoms with Crippen molar-refractivity contribution in [2.24, 2.45) is 0 Å². The zero-order valence-electron chi connectivity index (χ0n) is 10.7. The largest absolute Gasteiger partial charge is 0.508 e. The molecular weight excluding hydrogens is 216 g/mol. The molecule has 1 aromatic rings. The summed E-state index contributed by atoms with van der Waals surface area (Å²) in [4.78, 5) is 11.4. The van der Waals surface area contributed by atoms with E-state index in [0.29, 0.717) is 12.8 Å². The molecule has 3 nitrogen and oxygen atoms in total. The molecule has 2 N–H and O–H groups in total. The van der Waals surface area contributed by atoms with E-state index in [1.165, 1.54) is 13.0 Å². The van der Waals surface area contributed by atoms with Crippen molar-refractivity contribution in [1.82, 2.24) is 0 Å². The molecule has 0 aromatic heterocycles. The number of carbonyl (C=O) groups excluding carboxylic acids is 1. The molecule has 0 heterocycles. The molecule has 0 saturated carbocycles. The fourth-order valence-corrected chi connectivity index (χ4v) is 2.07. The lowest BCUT2D eigenvalue weighted by Crippen LogP contribution is -2.02. The van der Waals surface area contributed by atoms with Gasteiger partial charge in [-0.15, -0.1) is 0 Å². The highest BCUT2D eigenvalue weighted by molar-refractivity contribution is 5.97. The van der Waals surface area contributed by atoms with Gasteiger partial charge in [-0.05, 0) is 25.8 Å². The third-order valence-corrected chi connectivity index (χ3v) is 2.87. The molecule has 0 spiro atoms. The van der Waals surface area contributed by atoms with Crippen LogP contribution in [0, 0.1) is 0 Å². The van der Waals surface area contributed by atoms with E-state index in [4.69, 9.17) is 0 Å². The Balaban J connectivity index is 3.41. The average molecular weight is 236 g/mol. The van der Waals surface area contributed by atoms with Crippen molar-refractivity contribution in [3.63, 3.8) is 0 Å². The lowest BCUT2D eigenvalue weighted by atomic mass is 9.93. The van der Waals surface area contributed by atoms with E-state index in [1.54, 1.807) is 0 Å². The van der Waals surface area contributed by atoms with Gasteiger partial charge in [0.25, 0.3) is 0 Å². The Morgan fingerprint density at radius 3 is 2.12 bits per heavy atom. The third kappa shape index (κ3) is 2.78. The second-order valence-electron chi connectivity index (χ2n) is 4.31. The number of aromatic hydroxyl groups is 2. The standard InChI is InChI=1S/C14H20O3/c1-4-6-10-11(7-5-2)14(17)12(9(3)15)8-13(10)16/h8,16-17H,4-7H2,1-3H3. The number of hydrogen-bond acceptors (Lipinski definition) is 3. The fraction of sp³-hybridized carbons (Fsp3) is 0.500. The van der Waals surface area contributed by atoms with Crippen LogP contribution in [0.1, 0.15) is 55.1 Å². The molecule has 1 rings (SSSR count). The second kappa shape index (κ2) is 5.71. The first-order valence-corrected chi connectivity index (χ1v) is 6.10. The molecule has 3 heteroatoms. The maximum Gasteiger partial charge on any atom is 0.163 e. The van der Waals surface area contributed by atoms with Crippen molar-refractivity contribution in [3.8, 4) is 11.5 Å².